The van der Waals surface area contributed by atoms with Gasteiger partial charge in [-0.15, -0.1) is 0 Å². The number of likely N-dealkylation sites (N-methyl/N-ethyl adjacent to an activating group) is 1. The number of carboxylic acids is 1. The molecule has 2 aliphatic heterocycles. The molecular formula is C29H32Cl2N6O3. The van der Waals surface area contributed by atoms with Crippen molar-refractivity contribution in [1.29, 1.82) is 0 Å². The van der Waals surface area contributed by atoms with Crippen molar-refractivity contribution in [3.63, 3.8) is 0 Å². The molecule has 3 fully saturated rings. The van der Waals surface area contributed by atoms with E-state index in [1.807, 2.05) is 24.3 Å². The van der Waals surface area contributed by atoms with Gasteiger partial charge in [-0.05, 0) is 74.6 Å². The first-order valence-corrected chi connectivity index (χ1v) is 14.4. The van der Waals surface area contributed by atoms with E-state index in [1.165, 1.54) is 0 Å². The molecule has 0 unspecified atom stereocenters. The average Bonchev–Trinajstić information content (AvgIpc) is 3.66. The number of ether oxygens (including phenoxy) is 1. The van der Waals surface area contributed by atoms with Crippen molar-refractivity contribution in [1.82, 2.24) is 24.8 Å². The molecule has 1 N–H and O–H groups in total. The summed E-state index contributed by atoms with van der Waals surface area (Å²) in [6.45, 7) is 6.17. The van der Waals surface area contributed by atoms with Crippen molar-refractivity contribution >= 4 is 35.1 Å². The van der Waals surface area contributed by atoms with E-state index in [2.05, 4.69) is 31.7 Å². The van der Waals surface area contributed by atoms with Crippen LogP contribution >= 0.6 is 23.2 Å². The van der Waals surface area contributed by atoms with Crippen LogP contribution in [0.15, 0.2) is 42.7 Å². The fourth-order valence-corrected chi connectivity index (χ4v) is 6.52. The maximum Gasteiger partial charge on any atom is 0.307 e. The normalized spacial score (nSPS) is 23.4. The number of anilines is 1. The summed E-state index contributed by atoms with van der Waals surface area (Å²) in [7, 11) is 2.12. The number of aromatic nitrogens is 3. The van der Waals surface area contributed by atoms with E-state index in [9.17, 15) is 9.90 Å². The zero-order chi connectivity index (χ0) is 27.8. The number of halogens is 2. The van der Waals surface area contributed by atoms with Crippen molar-refractivity contribution in [2.45, 2.75) is 19.4 Å². The molecule has 40 heavy (non-hydrogen) atoms. The van der Waals surface area contributed by atoms with Gasteiger partial charge < -0.3 is 19.6 Å². The summed E-state index contributed by atoms with van der Waals surface area (Å²) < 4.78 is 6.17. The van der Waals surface area contributed by atoms with Gasteiger partial charge in [0.15, 0.2) is 5.75 Å². The number of aliphatic carboxylic acids is 1. The van der Waals surface area contributed by atoms with Gasteiger partial charge >= 0.3 is 5.97 Å². The Morgan fingerprint density at radius 1 is 0.950 bits per heavy atom. The number of carbonyl (C=O) groups is 1. The first kappa shape index (κ1) is 27.2. The molecule has 210 valence electrons. The lowest BCUT2D eigenvalue weighted by molar-refractivity contribution is -0.139. The highest BCUT2D eigenvalue weighted by molar-refractivity contribution is 6.35. The largest absolute Gasteiger partial charge is 0.481 e. The standard InChI is InChI=1S/C29H32Cl2N6O3/c1-35-6-8-37(9-7-35)29-32-15-22(16-33-29)40-26-11-18(10-25(34-26)19-12-20(30)14-21(31)13-19)17-36-4-2-23-24(3-5-36)27(23)28(38)39/h10-16,23-24,27H,2-9,17H2,1H3,(H,38,39)/t23-,24+,27+. The van der Waals surface area contributed by atoms with E-state index < -0.39 is 5.97 Å². The molecule has 0 bridgehead atoms. The van der Waals surface area contributed by atoms with Gasteiger partial charge in [0.2, 0.25) is 11.8 Å². The Balaban J connectivity index is 1.21. The molecule has 9 nitrogen and oxygen atoms in total. The van der Waals surface area contributed by atoms with Gasteiger partial charge in [0.05, 0.1) is 24.0 Å². The molecule has 11 heteroatoms. The highest BCUT2D eigenvalue weighted by Crippen LogP contribution is 2.52. The third-order valence-electron chi connectivity index (χ3n) is 8.22. The van der Waals surface area contributed by atoms with Crippen molar-refractivity contribution in [2.24, 2.45) is 17.8 Å². The molecule has 3 aliphatic rings. The summed E-state index contributed by atoms with van der Waals surface area (Å²) in [5.41, 5.74) is 2.54. The Kier molecular flexibility index (Phi) is 7.81. The minimum Gasteiger partial charge on any atom is -0.481 e. The third-order valence-corrected chi connectivity index (χ3v) is 8.66. The van der Waals surface area contributed by atoms with Gasteiger partial charge in [0, 0.05) is 54.4 Å². The molecule has 0 radical (unpaired) electrons. The molecule has 3 aromatic rings. The lowest BCUT2D eigenvalue weighted by Crippen LogP contribution is -2.45. The quantitative estimate of drug-likeness (QED) is 0.416. The van der Waals surface area contributed by atoms with Gasteiger partial charge in [0.1, 0.15) is 0 Å². The first-order chi connectivity index (χ1) is 19.3. The van der Waals surface area contributed by atoms with Gasteiger partial charge in [-0.1, -0.05) is 23.2 Å². The summed E-state index contributed by atoms with van der Waals surface area (Å²) in [6.07, 6.45) is 5.18. The molecule has 1 saturated carbocycles. The first-order valence-electron chi connectivity index (χ1n) is 13.7. The van der Waals surface area contributed by atoms with Crippen LogP contribution < -0.4 is 9.64 Å². The van der Waals surface area contributed by atoms with Crippen LogP contribution in [0, 0.1) is 17.8 Å². The molecule has 1 aliphatic carbocycles. The van der Waals surface area contributed by atoms with Crippen LogP contribution in [0.5, 0.6) is 11.6 Å². The van der Waals surface area contributed by atoms with Crippen LogP contribution in [0.1, 0.15) is 18.4 Å². The lowest BCUT2D eigenvalue weighted by Gasteiger charge is -2.32. The summed E-state index contributed by atoms with van der Waals surface area (Å²) in [4.78, 5) is 32.2. The number of nitrogens with zero attached hydrogens (tertiary/aromatic N) is 6. The van der Waals surface area contributed by atoms with E-state index in [0.717, 1.165) is 63.2 Å². The van der Waals surface area contributed by atoms with Crippen LogP contribution in [0.25, 0.3) is 11.3 Å². The SMILES string of the molecule is CN1CCN(c2ncc(Oc3cc(CN4CC[C@@H]5[C@H](CC4)[C@H]5C(=O)O)cc(-c4cc(Cl)cc(Cl)c4)n3)cn2)CC1. The van der Waals surface area contributed by atoms with Crippen LogP contribution in [0.4, 0.5) is 5.95 Å². The van der Waals surface area contributed by atoms with E-state index in [1.54, 1.807) is 18.5 Å². The number of rotatable bonds is 7. The Morgan fingerprint density at radius 3 is 2.23 bits per heavy atom. The number of carboxylic acid groups (broad SMARTS) is 1. The smallest absolute Gasteiger partial charge is 0.307 e. The molecule has 0 amide bonds. The number of fused-ring (bicyclic) bond motifs is 1. The number of benzene rings is 1. The van der Waals surface area contributed by atoms with Crippen molar-refractivity contribution < 1.29 is 14.6 Å². The van der Waals surface area contributed by atoms with E-state index in [4.69, 9.17) is 32.9 Å². The monoisotopic (exact) mass is 582 g/mol. The summed E-state index contributed by atoms with van der Waals surface area (Å²) in [5.74, 6) is 1.43. The highest BCUT2D eigenvalue weighted by atomic mass is 35.5. The zero-order valence-electron chi connectivity index (χ0n) is 22.3. The topological polar surface area (TPSA) is 94.9 Å². The molecule has 2 aromatic heterocycles. The van der Waals surface area contributed by atoms with Crippen molar-refractivity contribution in [2.75, 3.05) is 51.2 Å². The molecule has 1 aromatic carbocycles. The Hall–Kier alpha value is -2.98. The van der Waals surface area contributed by atoms with E-state index >= 15 is 0 Å². The van der Waals surface area contributed by atoms with Gasteiger partial charge in [-0.25, -0.2) is 15.0 Å². The van der Waals surface area contributed by atoms with Crippen molar-refractivity contribution in [3.05, 3.63) is 58.3 Å². The average molecular weight is 584 g/mol. The second-order valence-electron chi connectivity index (χ2n) is 11.0. The number of likely N-dealkylation sites (tertiary alicyclic amines) is 1. The predicted molar refractivity (Wildman–Crippen MR) is 154 cm³/mol. The molecule has 6 rings (SSSR count). The van der Waals surface area contributed by atoms with E-state index in [0.29, 0.717) is 51.7 Å². The summed E-state index contributed by atoms with van der Waals surface area (Å²) in [6, 6.07) is 9.34. The lowest BCUT2D eigenvalue weighted by atomic mass is 10.1. The minimum absolute atomic E-state index is 0.160. The fraction of sp³-hybridized carbons (Fsp3) is 0.448. The van der Waals surface area contributed by atoms with Crippen LogP contribution in [-0.2, 0) is 11.3 Å². The summed E-state index contributed by atoms with van der Waals surface area (Å²) >= 11 is 12.6. The molecule has 4 heterocycles. The Morgan fingerprint density at radius 2 is 1.60 bits per heavy atom. The second kappa shape index (κ2) is 11.5. The molecule has 3 atom stereocenters. The molecular weight excluding hydrogens is 551 g/mol. The predicted octanol–water partition coefficient (Wildman–Crippen LogP) is 4.93. The van der Waals surface area contributed by atoms with Gasteiger partial charge in [0.25, 0.3) is 0 Å². The third kappa shape index (κ3) is 6.17. The van der Waals surface area contributed by atoms with Crippen LogP contribution in [0.2, 0.25) is 10.0 Å². The number of piperazine rings is 1. The highest BCUT2D eigenvalue weighted by Gasteiger charge is 2.54. The Bertz CT molecular complexity index is 1350. The second-order valence-corrected chi connectivity index (χ2v) is 11.9. The maximum absolute atomic E-state index is 11.5. The number of pyridine rings is 1. The Labute approximate surface area is 243 Å². The fourth-order valence-electron chi connectivity index (χ4n) is 5.99. The molecule has 2 saturated heterocycles. The number of hydrogen-bond donors (Lipinski definition) is 1. The number of hydrogen-bond acceptors (Lipinski definition) is 8. The van der Waals surface area contributed by atoms with Crippen LogP contribution in [-0.4, -0.2) is 82.1 Å². The van der Waals surface area contributed by atoms with E-state index in [-0.39, 0.29) is 5.92 Å². The molecule has 0 spiro atoms. The van der Waals surface area contributed by atoms with Crippen LogP contribution in [0.3, 0.4) is 0 Å². The van der Waals surface area contributed by atoms with Gasteiger partial charge in [-0.2, -0.15) is 0 Å². The minimum atomic E-state index is -0.648. The summed E-state index contributed by atoms with van der Waals surface area (Å²) in [5, 5.41) is 10.5. The maximum atomic E-state index is 11.5. The van der Waals surface area contributed by atoms with Gasteiger partial charge in [-0.3, -0.25) is 9.69 Å². The zero-order valence-corrected chi connectivity index (χ0v) is 23.9. The van der Waals surface area contributed by atoms with Crippen molar-refractivity contribution in [3.8, 4) is 22.9 Å².